The molecular weight excluding hydrogens is 400 g/mol. The van der Waals surface area contributed by atoms with Gasteiger partial charge >= 0.3 is 0 Å². The highest BCUT2D eigenvalue weighted by atomic mass is 79.9. The summed E-state index contributed by atoms with van der Waals surface area (Å²) in [4.78, 5) is 35.2. The summed E-state index contributed by atoms with van der Waals surface area (Å²) in [5, 5.41) is 15.3. The number of amides is 2. The molecule has 0 unspecified atom stereocenters. The minimum absolute atomic E-state index is 0.0702. The molecule has 0 aromatic heterocycles. The number of aliphatic carboxylic acids is 1. The molecule has 2 aromatic rings. The van der Waals surface area contributed by atoms with Crippen LogP contribution in [-0.2, 0) is 9.59 Å². The summed E-state index contributed by atoms with van der Waals surface area (Å²) in [6, 6.07) is 13.9. The molecule has 6 nitrogen and oxygen atoms in total. The molecule has 2 rings (SSSR count). The minimum atomic E-state index is -1.42. The molecular formula is C19H16BrN2O4-. The van der Waals surface area contributed by atoms with Gasteiger partial charge in [0.05, 0.1) is 12.5 Å². The molecule has 0 atom stereocenters. The Morgan fingerprint density at radius 1 is 1.04 bits per heavy atom. The monoisotopic (exact) mass is 415 g/mol. The van der Waals surface area contributed by atoms with Crippen LogP contribution >= 0.6 is 15.9 Å². The number of hydrogen-bond acceptors (Lipinski definition) is 4. The molecule has 0 saturated carbocycles. The molecule has 0 aliphatic carbocycles. The molecule has 0 saturated heterocycles. The zero-order valence-electron chi connectivity index (χ0n) is 13.9. The van der Waals surface area contributed by atoms with E-state index in [4.69, 9.17) is 0 Å². The van der Waals surface area contributed by atoms with Crippen LogP contribution in [0.25, 0.3) is 6.08 Å². The average Bonchev–Trinajstić information content (AvgIpc) is 2.61. The first-order chi connectivity index (χ1) is 12.3. The molecule has 0 aliphatic heterocycles. The summed E-state index contributed by atoms with van der Waals surface area (Å²) in [5.74, 6) is -2.62. The van der Waals surface area contributed by atoms with E-state index in [0.717, 1.165) is 10.0 Å². The Kier molecular flexibility index (Phi) is 6.68. The minimum Gasteiger partial charge on any atom is -0.548 e. The van der Waals surface area contributed by atoms with Crippen molar-refractivity contribution in [2.75, 3.05) is 6.54 Å². The largest absolute Gasteiger partial charge is 0.548 e. The second-order valence-electron chi connectivity index (χ2n) is 5.48. The molecule has 2 N–H and O–H groups in total. The van der Waals surface area contributed by atoms with Crippen molar-refractivity contribution in [2.24, 2.45) is 0 Å². The molecule has 0 spiro atoms. The van der Waals surface area contributed by atoms with Gasteiger partial charge < -0.3 is 20.5 Å². The number of carboxylic acid groups (broad SMARTS) is 1. The van der Waals surface area contributed by atoms with Gasteiger partial charge in [-0.3, -0.25) is 9.59 Å². The number of carbonyl (C=O) groups excluding carboxylic acids is 3. The first-order valence-electron chi connectivity index (χ1n) is 7.68. The van der Waals surface area contributed by atoms with Crippen molar-refractivity contribution in [3.63, 3.8) is 0 Å². The van der Waals surface area contributed by atoms with Gasteiger partial charge in [0, 0.05) is 10.0 Å². The lowest BCUT2D eigenvalue weighted by Crippen LogP contribution is -2.41. The molecule has 134 valence electrons. The maximum atomic E-state index is 12.4. The van der Waals surface area contributed by atoms with Gasteiger partial charge in [-0.2, -0.15) is 0 Å². The van der Waals surface area contributed by atoms with Crippen LogP contribution < -0.4 is 15.7 Å². The molecule has 2 aromatic carbocycles. The van der Waals surface area contributed by atoms with Gasteiger partial charge in [0.1, 0.15) is 5.70 Å². The Balaban J connectivity index is 2.25. The smallest absolute Gasteiger partial charge is 0.268 e. The highest BCUT2D eigenvalue weighted by molar-refractivity contribution is 9.10. The van der Waals surface area contributed by atoms with Crippen LogP contribution in [0.3, 0.4) is 0 Å². The summed E-state index contributed by atoms with van der Waals surface area (Å²) in [6.45, 7) is 1.24. The van der Waals surface area contributed by atoms with E-state index >= 15 is 0 Å². The van der Waals surface area contributed by atoms with Crippen molar-refractivity contribution in [3.05, 3.63) is 75.4 Å². The third-order valence-electron chi connectivity index (χ3n) is 3.38. The molecule has 7 heteroatoms. The maximum absolute atomic E-state index is 12.4. The van der Waals surface area contributed by atoms with Crippen LogP contribution in [0.4, 0.5) is 0 Å². The number of hydrogen-bond donors (Lipinski definition) is 2. The second-order valence-corrected chi connectivity index (χ2v) is 6.40. The van der Waals surface area contributed by atoms with E-state index in [9.17, 15) is 19.5 Å². The van der Waals surface area contributed by atoms with Crippen LogP contribution in [0.15, 0.2) is 58.7 Å². The molecule has 0 radical (unpaired) electrons. The van der Waals surface area contributed by atoms with Crippen molar-refractivity contribution in [3.8, 4) is 0 Å². The van der Waals surface area contributed by atoms with E-state index in [1.165, 1.54) is 6.08 Å². The number of carbonyl (C=O) groups is 3. The number of benzene rings is 2. The van der Waals surface area contributed by atoms with Gasteiger partial charge in [-0.05, 0) is 42.8 Å². The third kappa shape index (κ3) is 5.86. The fourth-order valence-corrected chi connectivity index (χ4v) is 2.30. The molecule has 0 bridgehead atoms. The maximum Gasteiger partial charge on any atom is 0.268 e. The van der Waals surface area contributed by atoms with E-state index in [0.29, 0.717) is 11.1 Å². The fourth-order valence-electron chi connectivity index (χ4n) is 2.03. The zero-order chi connectivity index (χ0) is 19.1. The Labute approximate surface area is 159 Å². The average molecular weight is 416 g/mol. The van der Waals surface area contributed by atoms with Gasteiger partial charge in [-0.1, -0.05) is 45.8 Å². The van der Waals surface area contributed by atoms with E-state index in [-0.39, 0.29) is 5.70 Å². The van der Waals surface area contributed by atoms with Crippen molar-refractivity contribution >= 4 is 39.8 Å². The van der Waals surface area contributed by atoms with E-state index in [1.54, 1.807) is 48.5 Å². The normalized spacial score (nSPS) is 10.9. The number of halogens is 1. The lowest BCUT2D eigenvalue weighted by Gasteiger charge is -2.12. The molecule has 0 heterocycles. The van der Waals surface area contributed by atoms with Crippen molar-refractivity contribution < 1.29 is 19.5 Å². The van der Waals surface area contributed by atoms with Crippen LogP contribution in [0.5, 0.6) is 0 Å². The number of carboxylic acids is 1. The standard InChI is InChI=1S/C19H17BrN2O4/c1-12-2-6-14(7-3-12)18(25)22-16(19(26)21-11-17(23)24)10-13-4-8-15(20)9-5-13/h2-10H,11H2,1H3,(H,21,26)(H,22,25)(H,23,24)/p-1/b16-10+. The Bertz CT molecular complexity index is 843. The molecule has 0 fully saturated rings. The summed E-state index contributed by atoms with van der Waals surface area (Å²) >= 11 is 3.32. The van der Waals surface area contributed by atoms with Crippen LogP contribution in [0, 0.1) is 6.92 Å². The summed E-state index contributed by atoms with van der Waals surface area (Å²) in [6.07, 6.45) is 1.46. The zero-order valence-corrected chi connectivity index (χ0v) is 15.5. The number of rotatable bonds is 6. The van der Waals surface area contributed by atoms with E-state index < -0.39 is 24.3 Å². The third-order valence-corrected chi connectivity index (χ3v) is 3.91. The van der Waals surface area contributed by atoms with Gasteiger partial charge in [0.2, 0.25) is 0 Å². The SMILES string of the molecule is Cc1ccc(C(=O)N/C(=C/c2ccc(Br)cc2)C(=O)NCC(=O)[O-])cc1. The second kappa shape index (κ2) is 8.96. The van der Waals surface area contributed by atoms with Crippen molar-refractivity contribution in [1.29, 1.82) is 0 Å². The van der Waals surface area contributed by atoms with Crippen LogP contribution in [0.1, 0.15) is 21.5 Å². The van der Waals surface area contributed by atoms with Crippen LogP contribution in [0.2, 0.25) is 0 Å². The predicted octanol–water partition coefficient (Wildman–Crippen LogP) is 1.39. The fraction of sp³-hybridized carbons (Fsp3) is 0.105. The molecule has 0 aliphatic rings. The van der Waals surface area contributed by atoms with Gasteiger partial charge in [-0.15, -0.1) is 0 Å². The predicted molar refractivity (Wildman–Crippen MR) is 98.8 cm³/mol. The first-order valence-corrected chi connectivity index (χ1v) is 8.48. The van der Waals surface area contributed by atoms with Gasteiger partial charge in [0.25, 0.3) is 11.8 Å². The molecule has 26 heavy (non-hydrogen) atoms. The van der Waals surface area contributed by atoms with E-state index in [2.05, 4.69) is 26.6 Å². The number of nitrogens with one attached hydrogen (secondary N) is 2. The lowest BCUT2D eigenvalue weighted by molar-refractivity contribution is -0.303. The van der Waals surface area contributed by atoms with Crippen molar-refractivity contribution in [2.45, 2.75) is 6.92 Å². The van der Waals surface area contributed by atoms with Crippen LogP contribution in [-0.4, -0.2) is 24.3 Å². The van der Waals surface area contributed by atoms with Gasteiger partial charge in [0.15, 0.2) is 0 Å². The van der Waals surface area contributed by atoms with Crippen molar-refractivity contribution in [1.82, 2.24) is 10.6 Å². The summed E-state index contributed by atoms with van der Waals surface area (Å²) in [5.41, 5.74) is 1.97. The topological polar surface area (TPSA) is 98.3 Å². The molecule has 2 amide bonds. The van der Waals surface area contributed by atoms with Gasteiger partial charge in [-0.25, -0.2) is 0 Å². The lowest BCUT2D eigenvalue weighted by atomic mass is 10.1. The highest BCUT2D eigenvalue weighted by Gasteiger charge is 2.14. The Morgan fingerprint density at radius 3 is 2.23 bits per heavy atom. The Morgan fingerprint density at radius 2 is 1.65 bits per heavy atom. The highest BCUT2D eigenvalue weighted by Crippen LogP contribution is 2.13. The summed E-state index contributed by atoms with van der Waals surface area (Å²) in [7, 11) is 0. The Hall–Kier alpha value is -2.93. The first kappa shape index (κ1) is 19.4. The quantitative estimate of drug-likeness (QED) is 0.696. The number of aryl methyl sites for hydroxylation is 1. The van der Waals surface area contributed by atoms with E-state index in [1.807, 2.05) is 6.92 Å². The summed E-state index contributed by atoms with van der Waals surface area (Å²) < 4.78 is 0.862.